The molecule has 5 heteroatoms. The Morgan fingerprint density at radius 2 is 2.44 bits per heavy atom. The van der Waals surface area contributed by atoms with E-state index < -0.39 is 0 Å². The number of aromatic amines is 1. The number of nitrogens with one attached hydrogen (secondary N) is 2. The lowest BCUT2D eigenvalue weighted by atomic mass is 10.2. The highest BCUT2D eigenvalue weighted by Crippen LogP contribution is 2.17. The zero-order valence-corrected chi connectivity index (χ0v) is 9.27. The third-order valence-electron chi connectivity index (χ3n) is 3.02. The average Bonchev–Trinajstić information content (AvgIpc) is 2.73. The molecule has 0 amide bonds. The van der Waals surface area contributed by atoms with Crippen LogP contribution >= 0.6 is 0 Å². The molecule has 1 atom stereocenters. The summed E-state index contributed by atoms with van der Waals surface area (Å²) in [5.41, 5.74) is 1.80. The van der Waals surface area contributed by atoms with Crippen LogP contribution in [0.5, 0.6) is 0 Å². The van der Waals surface area contributed by atoms with Crippen molar-refractivity contribution in [2.75, 3.05) is 24.5 Å². The molecular formula is C11H15N5. The van der Waals surface area contributed by atoms with Gasteiger partial charge in [0.25, 0.3) is 0 Å². The summed E-state index contributed by atoms with van der Waals surface area (Å²) >= 11 is 0. The van der Waals surface area contributed by atoms with Gasteiger partial charge < -0.3 is 15.2 Å². The van der Waals surface area contributed by atoms with Crippen LogP contribution in [0, 0.1) is 0 Å². The molecule has 5 nitrogen and oxygen atoms in total. The molecule has 1 saturated heterocycles. The summed E-state index contributed by atoms with van der Waals surface area (Å²) in [6, 6.07) is 4.39. The number of anilines is 1. The fraction of sp³-hybridized carbons (Fsp3) is 0.455. The number of imidazole rings is 1. The van der Waals surface area contributed by atoms with Gasteiger partial charge in [-0.3, -0.25) is 0 Å². The Hall–Kier alpha value is -1.62. The number of rotatable bonds is 1. The average molecular weight is 217 g/mol. The van der Waals surface area contributed by atoms with E-state index in [1.807, 2.05) is 12.1 Å². The van der Waals surface area contributed by atoms with Crippen molar-refractivity contribution in [2.24, 2.45) is 0 Å². The van der Waals surface area contributed by atoms with Crippen molar-refractivity contribution in [2.45, 2.75) is 13.0 Å². The summed E-state index contributed by atoms with van der Waals surface area (Å²) in [5, 5.41) is 3.37. The van der Waals surface area contributed by atoms with E-state index in [0.717, 1.165) is 36.7 Å². The highest BCUT2D eigenvalue weighted by Gasteiger charge is 2.20. The van der Waals surface area contributed by atoms with Crippen molar-refractivity contribution in [3.05, 3.63) is 18.3 Å². The quantitative estimate of drug-likeness (QED) is 0.740. The molecule has 0 radical (unpaired) electrons. The van der Waals surface area contributed by atoms with Crippen LogP contribution in [0.1, 0.15) is 6.92 Å². The molecule has 1 aliphatic heterocycles. The maximum Gasteiger partial charge on any atom is 0.205 e. The lowest BCUT2D eigenvalue weighted by Gasteiger charge is -2.33. The van der Waals surface area contributed by atoms with Crippen LogP contribution in [0.15, 0.2) is 18.3 Å². The molecule has 84 valence electrons. The van der Waals surface area contributed by atoms with Gasteiger partial charge in [-0.05, 0) is 19.1 Å². The fourth-order valence-electron chi connectivity index (χ4n) is 2.12. The number of aromatic nitrogens is 3. The van der Waals surface area contributed by atoms with E-state index in [1.54, 1.807) is 6.20 Å². The highest BCUT2D eigenvalue weighted by atomic mass is 15.3. The Kier molecular flexibility index (Phi) is 2.25. The van der Waals surface area contributed by atoms with Crippen LogP contribution in [0.25, 0.3) is 11.2 Å². The largest absolute Gasteiger partial charge is 0.337 e. The molecule has 3 heterocycles. The third-order valence-corrected chi connectivity index (χ3v) is 3.02. The van der Waals surface area contributed by atoms with Gasteiger partial charge in [-0.1, -0.05) is 0 Å². The Labute approximate surface area is 93.9 Å². The topological polar surface area (TPSA) is 56.8 Å². The van der Waals surface area contributed by atoms with Gasteiger partial charge in [-0.15, -0.1) is 0 Å². The summed E-state index contributed by atoms with van der Waals surface area (Å²) in [4.78, 5) is 14.4. The molecule has 0 bridgehead atoms. The van der Waals surface area contributed by atoms with Crippen LogP contribution in [-0.2, 0) is 0 Å². The molecule has 2 aromatic rings. The Morgan fingerprint density at radius 1 is 1.50 bits per heavy atom. The molecule has 2 aromatic heterocycles. The molecule has 3 rings (SSSR count). The van der Waals surface area contributed by atoms with E-state index in [-0.39, 0.29) is 0 Å². The van der Waals surface area contributed by atoms with Crippen LogP contribution in [0.2, 0.25) is 0 Å². The van der Waals surface area contributed by atoms with Gasteiger partial charge >= 0.3 is 0 Å². The first kappa shape index (κ1) is 9.59. The molecule has 1 unspecified atom stereocenters. The number of pyridine rings is 1. The number of fused-ring (bicyclic) bond motifs is 1. The second-order valence-corrected chi connectivity index (χ2v) is 4.18. The minimum atomic E-state index is 0.467. The zero-order valence-electron chi connectivity index (χ0n) is 9.27. The van der Waals surface area contributed by atoms with Gasteiger partial charge in [-0.25, -0.2) is 4.98 Å². The van der Waals surface area contributed by atoms with Crippen LogP contribution < -0.4 is 10.2 Å². The summed E-state index contributed by atoms with van der Waals surface area (Å²) in [5.74, 6) is 0.933. The van der Waals surface area contributed by atoms with E-state index in [9.17, 15) is 0 Å². The van der Waals surface area contributed by atoms with Crippen molar-refractivity contribution in [3.63, 3.8) is 0 Å². The number of piperazine rings is 1. The second-order valence-electron chi connectivity index (χ2n) is 4.18. The molecule has 0 aliphatic carbocycles. The standard InChI is InChI=1S/C11H15N5/c1-8-7-12-5-6-16(8)11-14-9-3-2-4-13-10(9)15-11/h2-4,8,12H,5-7H2,1H3,(H,13,14,15). The van der Waals surface area contributed by atoms with Crippen LogP contribution in [0.4, 0.5) is 5.95 Å². The Bertz CT molecular complexity index is 459. The van der Waals surface area contributed by atoms with Crippen LogP contribution in [0.3, 0.4) is 0 Å². The summed E-state index contributed by atoms with van der Waals surface area (Å²) < 4.78 is 0. The molecule has 0 saturated carbocycles. The van der Waals surface area contributed by atoms with Crippen molar-refractivity contribution in [1.29, 1.82) is 0 Å². The van der Waals surface area contributed by atoms with Crippen molar-refractivity contribution < 1.29 is 0 Å². The highest BCUT2D eigenvalue weighted by molar-refractivity contribution is 5.73. The summed E-state index contributed by atoms with van der Waals surface area (Å²) in [6.45, 7) is 5.20. The first-order valence-electron chi connectivity index (χ1n) is 5.63. The number of H-pyrrole nitrogens is 1. The maximum absolute atomic E-state index is 4.52. The molecule has 1 aliphatic rings. The maximum atomic E-state index is 4.52. The molecule has 0 aromatic carbocycles. The van der Waals surface area contributed by atoms with Gasteiger partial charge in [0.2, 0.25) is 5.95 Å². The number of nitrogens with zero attached hydrogens (tertiary/aromatic N) is 3. The third kappa shape index (κ3) is 1.53. The van der Waals surface area contributed by atoms with Crippen molar-refractivity contribution in [1.82, 2.24) is 20.3 Å². The predicted octanol–water partition coefficient (Wildman–Crippen LogP) is 0.756. The van der Waals surface area contributed by atoms with Gasteiger partial charge in [0.05, 0.1) is 5.52 Å². The molecule has 0 spiro atoms. The van der Waals surface area contributed by atoms with E-state index in [4.69, 9.17) is 0 Å². The van der Waals surface area contributed by atoms with E-state index >= 15 is 0 Å². The van der Waals surface area contributed by atoms with Gasteiger partial charge in [0.15, 0.2) is 5.65 Å². The minimum absolute atomic E-state index is 0.467. The van der Waals surface area contributed by atoms with Crippen molar-refractivity contribution >= 4 is 17.1 Å². The van der Waals surface area contributed by atoms with E-state index in [2.05, 4.69) is 32.1 Å². The molecular weight excluding hydrogens is 202 g/mol. The molecule has 1 fully saturated rings. The second kappa shape index (κ2) is 3.75. The predicted molar refractivity (Wildman–Crippen MR) is 63.6 cm³/mol. The van der Waals surface area contributed by atoms with E-state index in [1.165, 1.54) is 0 Å². The lowest BCUT2D eigenvalue weighted by molar-refractivity contribution is 0.494. The lowest BCUT2D eigenvalue weighted by Crippen LogP contribution is -2.50. The number of hydrogen-bond donors (Lipinski definition) is 2. The summed E-state index contributed by atoms with van der Waals surface area (Å²) in [6.07, 6.45) is 1.77. The molecule has 16 heavy (non-hydrogen) atoms. The van der Waals surface area contributed by atoms with Crippen LogP contribution in [-0.4, -0.2) is 40.6 Å². The van der Waals surface area contributed by atoms with Gasteiger partial charge in [-0.2, -0.15) is 4.98 Å². The Balaban J connectivity index is 1.98. The first-order valence-corrected chi connectivity index (χ1v) is 5.63. The minimum Gasteiger partial charge on any atom is -0.337 e. The van der Waals surface area contributed by atoms with Gasteiger partial charge in [0.1, 0.15) is 0 Å². The zero-order chi connectivity index (χ0) is 11.0. The van der Waals surface area contributed by atoms with Crippen molar-refractivity contribution in [3.8, 4) is 0 Å². The summed E-state index contributed by atoms with van der Waals surface area (Å²) in [7, 11) is 0. The Morgan fingerprint density at radius 3 is 3.25 bits per heavy atom. The first-order chi connectivity index (χ1) is 7.84. The number of hydrogen-bond acceptors (Lipinski definition) is 4. The normalized spacial score (nSPS) is 21.6. The monoisotopic (exact) mass is 217 g/mol. The van der Waals surface area contributed by atoms with Gasteiger partial charge in [0, 0.05) is 31.9 Å². The fourth-order valence-corrected chi connectivity index (χ4v) is 2.12. The SMILES string of the molecule is CC1CNCCN1c1nc2ncccc2[nH]1. The molecule has 2 N–H and O–H groups in total. The smallest absolute Gasteiger partial charge is 0.205 e. The van der Waals surface area contributed by atoms with E-state index in [0.29, 0.717) is 6.04 Å².